The van der Waals surface area contributed by atoms with E-state index in [0.717, 1.165) is 10.1 Å². The zero-order chi connectivity index (χ0) is 11.7. The van der Waals surface area contributed by atoms with Crippen LogP contribution in [-0.4, -0.2) is 9.55 Å². The fraction of sp³-hybridized carbons (Fsp3) is 0.182. The standard InChI is InChI=1S/C11H12FN3S/c1-7-5-10(9(13)6-8(7)12)16-11-14-3-4-15(11)2/h3-6H,13H2,1-2H3. The number of halogens is 1. The molecule has 1 aromatic carbocycles. The fourth-order valence-corrected chi connectivity index (χ4v) is 2.24. The molecule has 0 aliphatic heterocycles. The Balaban J connectivity index is 2.35. The van der Waals surface area contributed by atoms with Crippen LogP contribution in [0.5, 0.6) is 0 Å². The molecule has 0 spiro atoms. The van der Waals surface area contributed by atoms with Crippen molar-refractivity contribution >= 4 is 17.4 Å². The Bertz CT molecular complexity index is 522. The number of rotatable bonds is 2. The monoisotopic (exact) mass is 237 g/mol. The molecule has 2 N–H and O–H groups in total. The first-order valence-electron chi connectivity index (χ1n) is 4.78. The Morgan fingerprint density at radius 2 is 2.19 bits per heavy atom. The number of nitrogens with zero attached hydrogens (tertiary/aromatic N) is 2. The van der Waals surface area contributed by atoms with Crippen LogP contribution in [0.1, 0.15) is 5.56 Å². The van der Waals surface area contributed by atoms with Crippen LogP contribution in [0, 0.1) is 12.7 Å². The number of imidazole rings is 1. The Morgan fingerprint density at radius 1 is 1.44 bits per heavy atom. The lowest BCUT2D eigenvalue weighted by molar-refractivity contribution is 0.618. The molecular weight excluding hydrogens is 225 g/mol. The summed E-state index contributed by atoms with van der Waals surface area (Å²) in [6.45, 7) is 1.72. The predicted octanol–water partition coefficient (Wildman–Crippen LogP) is 2.60. The zero-order valence-electron chi connectivity index (χ0n) is 9.07. The molecule has 0 saturated carbocycles. The quantitative estimate of drug-likeness (QED) is 0.816. The molecule has 1 heterocycles. The number of nitrogen functional groups attached to an aromatic ring is 1. The summed E-state index contributed by atoms with van der Waals surface area (Å²) in [5, 5.41) is 0.831. The van der Waals surface area contributed by atoms with Gasteiger partial charge in [-0.2, -0.15) is 0 Å². The largest absolute Gasteiger partial charge is 0.398 e. The third-order valence-corrected chi connectivity index (χ3v) is 3.42. The highest BCUT2D eigenvalue weighted by molar-refractivity contribution is 7.99. The minimum Gasteiger partial charge on any atom is -0.398 e. The summed E-state index contributed by atoms with van der Waals surface area (Å²) in [5.41, 5.74) is 6.79. The normalized spacial score (nSPS) is 10.7. The van der Waals surface area contributed by atoms with Crippen molar-refractivity contribution < 1.29 is 4.39 Å². The van der Waals surface area contributed by atoms with Gasteiger partial charge in [-0.15, -0.1) is 0 Å². The molecule has 3 nitrogen and oxygen atoms in total. The first-order chi connectivity index (χ1) is 7.58. The average molecular weight is 237 g/mol. The van der Waals surface area contributed by atoms with Gasteiger partial charge in [0.05, 0.1) is 0 Å². The second kappa shape index (κ2) is 4.17. The summed E-state index contributed by atoms with van der Waals surface area (Å²) in [5.74, 6) is -0.276. The Morgan fingerprint density at radius 3 is 2.81 bits per heavy atom. The molecule has 0 atom stereocenters. The van der Waals surface area contributed by atoms with Crippen LogP contribution >= 0.6 is 11.8 Å². The number of aryl methyl sites for hydroxylation is 2. The maximum absolute atomic E-state index is 13.2. The van der Waals surface area contributed by atoms with Gasteiger partial charge >= 0.3 is 0 Å². The van der Waals surface area contributed by atoms with Gasteiger partial charge in [0.15, 0.2) is 5.16 Å². The maximum atomic E-state index is 13.2. The molecule has 5 heteroatoms. The third-order valence-electron chi connectivity index (χ3n) is 2.27. The van der Waals surface area contributed by atoms with E-state index in [4.69, 9.17) is 5.73 Å². The highest BCUT2D eigenvalue weighted by atomic mass is 32.2. The SMILES string of the molecule is Cc1cc(Sc2nccn2C)c(N)cc1F. The number of nitrogens with two attached hydrogens (primary N) is 1. The van der Waals surface area contributed by atoms with Crippen LogP contribution in [0.25, 0.3) is 0 Å². The third kappa shape index (κ3) is 2.04. The highest BCUT2D eigenvalue weighted by Gasteiger charge is 2.08. The van der Waals surface area contributed by atoms with Crippen molar-refractivity contribution in [2.45, 2.75) is 17.0 Å². The van der Waals surface area contributed by atoms with E-state index in [1.165, 1.54) is 17.8 Å². The van der Waals surface area contributed by atoms with Gasteiger partial charge in [-0.05, 0) is 36.4 Å². The smallest absolute Gasteiger partial charge is 0.172 e. The fourth-order valence-electron chi connectivity index (χ4n) is 1.31. The van der Waals surface area contributed by atoms with Crippen LogP contribution in [0.3, 0.4) is 0 Å². The van der Waals surface area contributed by atoms with Gasteiger partial charge in [0.1, 0.15) is 5.82 Å². The van der Waals surface area contributed by atoms with Crippen LogP contribution in [-0.2, 0) is 7.05 Å². The Labute approximate surface area is 97.5 Å². The summed E-state index contributed by atoms with van der Waals surface area (Å²) in [4.78, 5) is 5.01. The molecule has 84 valence electrons. The van der Waals surface area contributed by atoms with Gasteiger partial charge in [0, 0.05) is 30.0 Å². The van der Waals surface area contributed by atoms with Crippen LogP contribution in [0.15, 0.2) is 34.6 Å². The zero-order valence-corrected chi connectivity index (χ0v) is 9.88. The molecular formula is C11H12FN3S. The van der Waals surface area contributed by atoms with Gasteiger partial charge in [0.25, 0.3) is 0 Å². The number of aromatic nitrogens is 2. The molecule has 2 rings (SSSR count). The van der Waals surface area contributed by atoms with Gasteiger partial charge in [0.2, 0.25) is 0 Å². The summed E-state index contributed by atoms with van der Waals surface area (Å²) < 4.78 is 15.1. The van der Waals surface area contributed by atoms with Crippen molar-refractivity contribution in [1.29, 1.82) is 0 Å². The molecule has 0 unspecified atom stereocenters. The number of hydrogen-bond donors (Lipinski definition) is 1. The molecule has 2 aromatic rings. The summed E-state index contributed by atoms with van der Waals surface area (Å²) in [6, 6.07) is 3.09. The summed E-state index contributed by atoms with van der Waals surface area (Å²) in [7, 11) is 1.90. The van der Waals surface area contributed by atoms with Gasteiger partial charge < -0.3 is 10.3 Å². The van der Waals surface area contributed by atoms with E-state index in [1.807, 2.05) is 17.8 Å². The van der Waals surface area contributed by atoms with Crippen molar-refractivity contribution in [3.8, 4) is 0 Å². The van der Waals surface area contributed by atoms with E-state index in [9.17, 15) is 4.39 Å². The van der Waals surface area contributed by atoms with Gasteiger partial charge in [-0.3, -0.25) is 0 Å². The van der Waals surface area contributed by atoms with E-state index in [0.29, 0.717) is 11.3 Å². The van der Waals surface area contributed by atoms with Gasteiger partial charge in [-0.1, -0.05) is 0 Å². The molecule has 0 radical (unpaired) electrons. The Hall–Kier alpha value is -1.49. The summed E-state index contributed by atoms with van der Waals surface area (Å²) in [6.07, 6.45) is 3.57. The molecule has 1 aromatic heterocycles. The molecule has 0 saturated heterocycles. The highest BCUT2D eigenvalue weighted by Crippen LogP contribution is 2.32. The number of hydrogen-bond acceptors (Lipinski definition) is 3. The van der Waals surface area contributed by atoms with Crippen molar-refractivity contribution in [2.75, 3.05) is 5.73 Å². The lowest BCUT2D eigenvalue weighted by atomic mass is 10.2. The van der Waals surface area contributed by atoms with Crippen LogP contribution in [0.4, 0.5) is 10.1 Å². The molecule has 0 bridgehead atoms. The van der Waals surface area contributed by atoms with E-state index < -0.39 is 0 Å². The first kappa shape index (κ1) is 11.0. The van der Waals surface area contributed by atoms with Crippen LogP contribution < -0.4 is 5.73 Å². The lowest BCUT2D eigenvalue weighted by Crippen LogP contribution is -1.95. The minimum absolute atomic E-state index is 0.276. The summed E-state index contributed by atoms with van der Waals surface area (Å²) >= 11 is 1.43. The van der Waals surface area contributed by atoms with E-state index in [1.54, 1.807) is 19.2 Å². The van der Waals surface area contributed by atoms with E-state index in [-0.39, 0.29) is 5.82 Å². The molecule has 0 amide bonds. The van der Waals surface area contributed by atoms with Crippen molar-refractivity contribution in [2.24, 2.45) is 7.05 Å². The second-order valence-corrected chi connectivity index (χ2v) is 4.57. The van der Waals surface area contributed by atoms with E-state index in [2.05, 4.69) is 4.98 Å². The molecule has 16 heavy (non-hydrogen) atoms. The Kier molecular flexibility index (Phi) is 2.87. The first-order valence-corrected chi connectivity index (χ1v) is 5.60. The topological polar surface area (TPSA) is 43.8 Å². The van der Waals surface area contributed by atoms with Crippen molar-refractivity contribution in [3.63, 3.8) is 0 Å². The molecule has 0 aliphatic carbocycles. The predicted molar refractivity (Wildman–Crippen MR) is 62.9 cm³/mol. The number of anilines is 1. The molecule has 0 fully saturated rings. The molecule has 0 aliphatic rings. The van der Waals surface area contributed by atoms with E-state index >= 15 is 0 Å². The number of benzene rings is 1. The second-order valence-electron chi connectivity index (χ2n) is 3.56. The maximum Gasteiger partial charge on any atom is 0.172 e. The van der Waals surface area contributed by atoms with Gasteiger partial charge in [-0.25, -0.2) is 9.37 Å². The average Bonchev–Trinajstić information content (AvgIpc) is 2.61. The minimum atomic E-state index is -0.276. The van der Waals surface area contributed by atoms with Crippen molar-refractivity contribution in [1.82, 2.24) is 9.55 Å². The lowest BCUT2D eigenvalue weighted by Gasteiger charge is -2.07. The van der Waals surface area contributed by atoms with Crippen LogP contribution in [0.2, 0.25) is 0 Å². The van der Waals surface area contributed by atoms with Crippen molar-refractivity contribution in [3.05, 3.63) is 35.9 Å².